The standard InChI is InChI=1S/C41H29N3/c1-41(2)34-18-10-8-17-32(34)37-38(41)42-39(28-22-20-27(21-23-28)26-12-4-3-5-13-26)43-40(37)44-35-19-11-9-16-31(35)33-24-29-14-6-7-15-30(29)25-36(33)44/h3-25H,1-2H3/i3D,4D,5D,12D,13D,20D,21D,22D,23D. The summed E-state index contributed by atoms with van der Waals surface area (Å²) in [6.07, 6.45) is 0. The van der Waals surface area contributed by atoms with Crippen molar-refractivity contribution in [3.05, 3.63) is 151 Å². The van der Waals surface area contributed by atoms with E-state index in [1.807, 2.05) is 48.5 Å². The highest BCUT2D eigenvalue weighted by Gasteiger charge is 2.40. The Morgan fingerprint density at radius 2 is 1.27 bits per heavy atom. The van der Waals surface area contributed by atoms with Gasteiger partial charge in [-0.15, -0.1) is 0 Å². The number of aromatic nitrogens is 3. The van der Waals surface area contributed by atoms with Crippen molar-refractivity contribution < 1.29 is 12.3 Å². The van der Waals surface area contributed by atoms with E-state index >= 15 is 0 Å². The number of rotatable bonds is 3. The zero-order valence-corrected chi connectivity index (χ0v) is 23.9. The van der Waals surface area contributed by atoms with E-state index in [0.29, 0.717) is 11.5 Å². The molecule has 1 aliphatic rings. The lowest BCUT2D eigenvalue weighted by atomic mass is 9.85. The zero-order chi connectivity index (χ0) is 37.2. The highest BCUT2D eigenvalue weighted by Crippen LogP contribution is 2.51. The van der Waals surface area contributed by atoms with E-state index in [1.54, 1.807) is 0 Å². The summed E-state index contributed by atoms with van der Waals surface area (Å²) in [5.41, 5.74) is 3.68. The molecule has 1 aliphatic carbocycles. The molecule has 8 aromatic rings. The molecule has 0 atom stereocenters. The lowest BCUT2D eigenvalue weighted by Crippen LogP contribution is -2.18. The first-order chi connectivity index (χ1) is 25.3. The minimum atomic E-state index is -0.630. The quantitative estimate of drug-likeness (QED) is 0.211. The zero-order valence-electron chi connectivity index (χ0n) is 32.9. The second kappa shape index (κ2) is 9.23. The first-order valence-electron chi connectivity index (χ1n) is 19.0. The third-order valence-corrected chi connectivity index (χ3v) is 8.70. The lowest BCUT2D eigenvalue weighted by molar-refractivity contribution is 0.635. The molecule has 2 aromatic heterocycles. The van der Waals surface area contributed by atoms with Crippen LogP contribution in [0.1, 0.15) is 37.4 Å². The monoisotopic (exact) mass is 572 g/mol. The Balaban J connectivity index is 1.41. The molecule has 0 bridgehead atoms. The van der Waals surface area contributed by atoms with Crippen molar-refractivity contribution in [1.29, 1.82) is 0 Å². The largest absolute Gasteiger partial charge is 0.293 e. The van der Waals surface area contributed by atoms with E-state index < -0.39 is 65.4 Å². The number of hydrogen-bond acceptors (Lipinski definition) is 2. The maximum absolute atomic E-state index is 9.24. The Morgan fingerprint density at radius 3 is 2.09 bits per heavy atom. The predicted molar refractivity (Wildman–Crippen MR) is 182 cm³/mol. The van der Waals surface area contributed by atoms with E-state index in [1.165, 1.54) is 0 Å². The summed E-state index contributed by atoms with van der Waals surface area (Å²) < 4.78 is 80.2. The summed E-state index contributed by atoms with van der Waals surface area (Å²) in [4.78, 5) is 10.2. The van der Waals surface area contributed by atoms with Crippen molar-refractivity contribution in [3.8, 4) is 39.5 Å². The number of nitrogens with zero attached hydrogens (tertiary/aromatic N) is 3. The SMILES string of the molecule is [2H]c1c([2H])c([2H])c(-c2c([2H])c([2H])c(-c3nc(-n4c5ccccc5c5cc6ccccc6cc54)c4c(n3)C(C)(C)c3ccccc3-4)c([2H])c2[2H])c([2H])c1[2H]. The van der Waals surface area contributed by atoms with Gasteiger partial charge in [0.15, 0.2) is 5.82 Å². The first kappa shape index (κ1) is 17.5. The van der Waals surface area contributed by atoms with Crippen LogP contribution >= 0.6 is 0 Å². The van der Waals surface area contributed by atoms with Gasteiger partial charge in [0, 0.05) is 27.3 Å². The van der Waals surface area contributed by atoms with Gasteiger partial charge < -0.3 is 0 Å². The van der Waals surface area contributed by atoms with E-state index in [4.69, 9.17) is 19.6 Å². The smallest absolute Gasteiger partial charge is 0.161 e. The first-order valence-corrected chi connectivity index (χ1v) is 14.5. The Labute approximate surface area is 268 Å². The van der Waals surface area contributed by atoms with Gasteiger partial charge in [0.1, 0.15) is 5.82 Å². The molecule has 0 fully saturated rings. The second-order valence-corrected chi connectivity index (χ2v) is 11.6. The number of hydrogen-bond donors (Lipinski definition) is 0. The fourth-order valence-corrected chi connectivity index (χ4v) is 6.60. The highest BCUT2D eigenvalue weighted by atomic mass is 15.1. The molecule has 0 radical (unpaired) electrons. The lowest BCUT2D eigenvalue weighted by Gasteiger charge is -2.21. The van der Waals surface area contributed by atoms with E-state index in [-0.39, 0.29) is 17.0 Å². The molecule has 0 N–H and O–H groups in total. The van der Waals surface area contributed by atoms with Crippen molar-refractivity contribution in [2.45, 2.75) is 19.3 Å². The summed E-state index contributed by atoms with van der Waals surface area (Å²) in [6.45, 7) is 4.13. The number of para-hydroxylation sites is 1. The van der Waals surface area contributed by atoms with Crippen molar-refractivity contribution in [2.24, 2.45) is 0 Å². The van der Waals surface area contributed by atoms with Gasteiger partial charge in [-0.05, 0) is 51.2 Å². The third-order valence-electron chi connectivity index (χ3n) is 8.70. The number of fused-ring (bicyclic) bond motifs is 7. The molecule has 9 rings (SSSR count). The van der Waals surface area contributed by atoms with Gasteiger partial charge in [-0.1, -0.05) is 135 Å². The molecular weight excluding hydrogens is 534 g/mol. The van der Waals surface area contributed by atoms with Gasteiger partial charge >= 0.3 is 0 Å². The average Bonchev–Trinajstić information content (AvgIpc) is 3.60. The molecular formula is C41H29N3. The van der Waals surface area contributed by atoms with Crippen LogP contribution in [0.2, 0.25) is 0 Å². The molecule has 0 amide bonds. The van der Waals surface area contributed by atoms with Gasteiger partial charge in [-0.3, -0.25) is 4.57 Å². The van der Waals surface area contributed by atoms with E-state index in [0.717, 1.165) is 49.3 Å². The summed E-state index contributed by atoms with van der Waals surface area (Å²) in [6, 6.07) is 23.4. The average molecular weight is 573 g/mol. The van der Waals surface area contributed by atoms with Crippen LogP contribution in [0, 0.1) is 0 Å². The minimum absolute atomic E-state index is 0.0176. The second-order valence-electron chi connectivity index (χ2n) is 11.6. The van der Waals surface area contributed by atoms with Gasteiger partial charge in [-0.2, -0.15) is 0 Å². The van der Waals surface area contributed by atoms with Gasteiger partial charge in [-0.25, -0.2) is 9.97 Å². The van der Waals surface area contributed by atoms with Crippen LogP contribution in [-0.2, 0) is 5.41 Å². The Kier molecular flexibility index (Phi) is 3.68. The van der Waals surface area contributed by atoms with Gasteiger partial charge in [0.2, 0.25) is 0 Å². The van der Waals surface area contributed by atoms with Gasteiger partial charge in [0.05, 0.1) is 29.1 Å². The number of benzene rings is 6. The molecule has 0 saturated carbocycles. The van der Waals surface area contributed by atoms with Crippen molar-refractivity contribution in [3.63, 3.8) is 0 Å². The highest BCUT2D eigenvalue weighted by molar-refractivity contribution is 6.14. The minimum Gasteiger partial charge on any atom is -0.293 e. The molecule has 3 heteroatoms. The van der Waals surface area contributed by atoms with Crippen LogP contribution in [0.15, 0.2) is 139 Å². The Morgan fingerprint density at radius 1 is 0.614 bits per heavy atom. The van der Waals surface area contributed by atoms with Crippen LogP contribution in [0.4, 0.5) is 0 Å². The van der Waals surface area contributed by atoms with Crippen molar-refractivity contribution in [2.75, 3.05) is 0 Å². The van der Waals surface area contributed by atoms with Crippen LogP contribution in [0.5, 0.6) is 0 Å². The fourth-order valence-electron chi connectivity index (χ4n) is 6.60. The van der Waals surface area contributed by atoms with Crippen molar-refractivity contribution >= 4 is 32.6 Å². The molecule has 44 heavy (non-hydrogen) atoms. The molecule has 208 valence electrons. The molecule has 0 aliphatic heterocycles. The van der Waals surface area contributed by atoms with Crippen molar-refractivity contribution in [1.82, 2.24) is 14.5 Å². The molecule has 0 unspecified atom stereocenters. The molecule has 2 heterocycles. The summed E-state index contributed by atoms with van der Waals surface area (Å²) in [5.74, 6) is 0.507. The molecule has 6 aromatic carbocycles. The maximum Gasteiger partial charge on any atom is 0.161 e. The molecule has 0 spiro atoms. The molecule has 3 nitrogen and oxygen atoms in total. The van der Waals surface area contributed by atoms with E-state index in [2.05, 4.69) is 54.8 Å². The maximum atomic E-state index is 9.24. The Hall–Kier alpha value is -5.54. The third kappa shape index (κ3) is 3.56. The topological polar surface area (TPSA) is 30.7 Å². The molecule has 0 saturated heterocycles. The van der Waals surface area contributed by atoms with Gasteiger partial charge in [0.25, 0.3) is 0 Å². The van der Waals surface area contributed by atoms with Crippen LogP contribution in [-0.4, -0.2) is 14.5 Å². The summed E-state index contributed by atoms with van der Waals surface area (Å²) in [7, 11) is 0. The normalized spacial score (nSPS) is 16.3. The van der Waals surface area contributed by atoms with Crippen LogP contribution in [0.25, 0.3) is 72.0 Å². The summed E-state index contributed by atoms with van der Waals surface area (Å²) in [5, 5.41) is 4.16. The van der Waals surface area contributed by atoms with Crippen LogP contribution in [0.3, 0.4) is 0 Å². The fraction of sp³-hybridized carbons (Fsp3) is 0.0732. The van der Waals surface area contributed by atoms with E-state index in [9.17, 15) is 2.74 Å². The Bertz CT molecular complexity index is 2870. The summed E-state index contributed by atoms with van der Waals surface area (Å²) >= 11 is 0. The predicted octanol–water partition coefficient (Wildman–Crippen LogP) is 10.4. The van der Waals surface area contributed by atoms with Crippen LogP contribution < -0.4 is 0 Å².